The molecule has 2 aromatic rings. The number of carbonyl (C=O) groups excluding carboxylic acids is 1. The predicted molar refractivity (Wildman–Crippen MR) is 103 cm³/mol. The Labute approximate surface area is 156 Å². The lowest BCUT2D eigenvalue weighted by Gasteiger charge is -2.35. The number of aromatic nitrogens is 2. The molecule has 2 heterocycles. The molecule has 1 aliphatic heterocycles. The third-order valence-electron chi connectivity index (χ3n) is 3.96. The van der Waals surface area contributed by atoms with Gasteiger partial charge in [0.25, 0.3) is 0 Å². The third-order valence-corrected chi connectivity index (χ3v) is 6.11. The molecular weight excluding hydrogens is 356 g/mol. The van der Waals surface area contributed by atoms with Crippen LogP contribution in [0.3, 0.4) is 0 Å². The van der Waals surface area contributed by atoms with E-state index in [-0.39, 0.29) is 11.2 Å². The quantitative estimate of drug-likeness (QED) is 0.566. The number of hydrogen-bond acceptors (Lipinski definition) is 8. The van der Waals surface area contributed by atoms with Gasteiger partial charge in [-0.1, -0.05) is 41.3 Å². The average Bonchev–Trinajstić information content (AvgIpc) is 3.11. The average molecular weight is 379 g/mol. The standard InChI is InChI=1S/C17H22N4O2S2/c1-3-23-15(22)13(2)24-17-19-18-16(25-17)21-11-9-20(10-12-21)14-7-5-4-6-8-14/h4-8,13H,3,9-12H2,1-2H3/t13-/m0/s1. The van der Waals surface area contributed by atoms with Crippen LogP contribution in [0.1, 0.15) is 13.8 Å². The van der Waals surface area contributed by atoms with Gasteiger partial charge in [-0.2, -0.15) is 0 Å². The first-order valence-electron chi connectivity index (χ1n) is 8.39. The fraction of sp³-hybridized carbons (Fsp3) is 0.471. The molecule has 1 aromatic carbocycles. The van der Waals surface area contributed by atoms with Crippen LogP contribution >= 0.6 is 23.1 Å². The zero-order chi connectivity index (χ0) is 17.6. The van der Waals surface area contributed by atoms with Crippen molar-refractivity contribution in [3.8, 4) is 0 Å². The molecule has 1 aromatic heterocycles. The van der Waals surface area contributed by atoms with Crippen molar-refractivity contribution in [2.75, 3.05) is 42.6 Å². The second-order valence-corrected chi connectivity index (χ2v) is 8.22. The highest BCUT2D eigenvalue weighted by Gasteiger charge is 2.22. The maximum Gasteiger partial charge on any atom is 0.319 e. The van der Waals surface area contributed by atoms with E-state index >= 15 is 0 Å². The number of anilines is 2. The molecule has 1 saturated heterocycles. The van der Waals surface area contributed by atoms with Crippen LogP contribution in [-0.4, -0.2) is 54.2 Å². The summed E-state index contributed by atoms with van der Waals surface area (Å²) in [6, 6.07) is 10.5. The molecule has 0 N–H and O–H groups in total. The van der Waals surface area contributed by atoms with Gasteiger partial charge >= 0.3 is 5.97 Å². The molecule has 0 saturated carbocycles. The summed E-state index contributed by atoms with van der Waals surface area (Å²) in [4.78, 5) is 16.4. The van der Waals surface area contributed by atoms with Gasteiger partial charge in [-0.05, 0) is 26.0 Å². The highest BCUT2D eigenvalue weighted by molar-refractivity contribution is 8.02. The van der Waals surface area contributed by atoms with Gasteiger partial charge in [0.2, 0.25) is 5.13 Å². The minimum absolute atomic E-state index is 0.208. The molecule has 0 amide bonds. The van der Waals surface area contributed by atoms with E-state index in [0.717, 1.165) is 35.7 Å². The van der Waals surface area contributed by atoms with Crippen LogP contribution < -0.4 is 9.80 Å². The van der Waals surface area contributed by atoms with E-state index in [2.05, 4.69) is 44.3 Å². The Bertz CT molecular complexity index is 687. The molecule has 0 spiro atoms. The molecule has 0 aliphatic carbocycles. The van der Waals surface area contributed by atoms with Crippen LogP contribution in [0.15, 0.2) is 34.7 Å². The number of piperazine rings is 1. The van der Waals surface area contributed by atoms with E-state index in [1.54, 1.807) is 11.3 Å². The van der Waals surface area contributed by atoms with Gasteiger partial charge in [0.1, 0.15) is 5.25 Å². The summed E-state index contributed by atoms with van der Waals surface area (Å²) < 4.78 is 5.84. The number of benzene rings is 1. The van der Waals surface area contributed by atoms with Crippen molar-refractivity contribution in [2.45, 2.75) is 23.4 Å². The van der Waals surface area contributed by atoms with Crippen LogP contribution in [0.5, 0.6) is 0 Å². The Hall–Kier alpha value is -1.80. The Morgan fingerprint density at radius 2 is 1.88 bits per heavy atom. The number of para-hydroxylation sites is 1. The van der Waals surface area contributed by atoms with Crippen LogP contribution in [0.4, 0.5) is 10.8 Å². The van der Waals surface area contributed by atoms with Crippen molar-refractivity contribution in [1.82, 2.24) is 10.2 Å². The largest absolute Gasteiger partial charge is 0.465 e. The van der Waals surface area contributed by atoms with Gasteiger partial charge in [-0.3, -0.25) is 4.79 Å². The lowest BCUT2D eigenvalue weighted by atomic mass is 10.2. The molecule has 134 valence electrons. The Kier molecular flexibility index (Phi) is 6.14. The SMILES string of the molecule is CCOC(=O)[C@H](C)Sc1nnc(N2CCN(c3ccccc3)CC2)s1. The summed E-state index contributed by atoms with van der Waals surface area (Å²) in [5.74, 6) is -0.208. The first-order valence-corrected chi connectivity index (χ1v) is 10.1. The zero-order valence-corrected chi connectivity index (χ0v) is 16.1. The highest BCUT2D eigenvalue weighted by Crippen LogP contribution is 2.31. The van der Waals surface area contributed by atoms with E-state index in [4.69, 9.17) is 4.74 Å². The number of esters is 1. The maximum absolute atomic E-state index is 11.7. The van der Waals surface area contributed by atoms with E-state index in [9.17, 15) is 4.79 Å². The number of rotatable bonds is 6. The second-order valence-electron chi connectivity index (χ2n) is 5.67. The summed E-state index contributed by atoms with van der Waals surface area (Å²) in [6.45, 7) is 7.81. The molecule has 1 aliphatic rings. The summed E-state index contributed by atoms with van der Waals surface area (Å²) in [6.07, 6.45) is 0. The maximum atomic E-state index is 11.7. The molecular formula is C17H22N4O2S2. The molecule has 8 heteroatoms. The molecule has 0 unspecified atom stereocenters. The predicted octanol–water partition coefficient (Wildman–Crippen LogP) is 2.91. The monoisotopic (exact) mass is 378 g/mol. The molecule has 6 nitrogen and oxygen atoms in total. The summed E-state index contributed by atoms with van der Waals surface area (Å²) >= 11 is 2.95. The van der Waals surface area contributed by atoms with E-state index in [1.807, 2.05) is 19.9 Å². The Morgan fingerprint density at radius 1 is 1.20 bits per heavy atom. The normalized spacial score (nSPS) is 15.9. The van der Waals surface area contributed by atoms with E-state index in [1.165, 1.54) is 17.4 Å². The molecule has 1 atom stereocenters. The van der Waals surface area contributed by atoms with Gasteiger partial charge in [0, 0.05) is 31.9 Å². The fourth-order valence-corrected chi connectivity index (χ4v) is 4.67. The van der Waals surface area contributed by atoms with Gasteiger partial charge in [0.15, 0.2) is 4.34 Å². The Balaban J connectivity index is 1.54. The van der Waals surface area contributed by atoms with Crippen molar-refractivity contribution in [2.24, 2.45) is 0 Å². The topological polar surface area (TPSA) is 58.6 Å². The number of hydrogen-bond donors (Lipinski definition) is 0. The minimum Gasteiger partial charge on any atom is -0.465 e. The van der Waals surface area contributed by atoms with Crippen molar-refractivity contribution in [1.29, 1.82) is 0 Å². The third kappa shape index (κ3) is 4.64. The zero-order valence-electron chi connectivity index (χ0n) is 14.4. The second kappa shape index (κ2) is 8.53. The molecule has 3 rings (SSSR count). The van der Waals surface area contributed by atoms with Crippen LogP contribution in [-0.2, 0) is 9.53 Å². The van der Waals surface area contributed by atoms with Crippen LogP contribution in [0, 0.1) is 0 Å². The van der Waals surface area contributed by atoms with Gasteiger partial charge in [-0.15, -0.1) is 10.2 Å². The number of thioether (sulfide) groups is 1. The fourth-order valence-electron chi connectivity index (χ4n) is 2.63. The summed E-state index contributed by atoms with van der Waals surface area (Å²) in [7, 11) is 0. The van der Waals surface area contributed by atoms with Crippen molar-refractivity contribution < 1.29 is 9.53 Å². The molecule has 0 bridgehead atoms. The van der Waals surface area contributed by atoms with Crippen molar-refractivity contribution >= 4 is 39.9 Å². The van der Waals surface area contributed by atoms with E-state index in [0.29, 0.717) is 6.61 Å². The van der Waals surface area contributed by atoms with Gasteiger partial charge in [0.05, 0.1) is 6.61 Å². The Morgan fingerprint density at radius 3 is 2.56 bits per heavy atom. The number of carbonyl (C=O) groups is 1. The number of nitrogens with zero attached hydrogens (tertiary/aromatic N) is 4. The number of ether oxygens (including phenoxy) is 1. The van der Waals surface area contributed by atoms with Crippen molar-refractivity contribution in [3.63, 3.8) is 0 Å². The summed E-state index contributed by atoms with van der Waals surface area (Å²) in [5.41, 5.74) is 1.26. The lowest BCUT2D eigenvalue weighted by molar-refractivity contribution is -0.142. The van der Waals surface area contributed by atoms with Gasteiger partial charge in [-0.25, -0.2) is 0 Å². The highest BCUT2D eigenvalue weighted by atomic mass is 32.2. The molecule has 25 heavy (non-hydrogen) atoms. The molecule has 0 radical (unpaired) electrons. The van der Waals surface area contributed by atoms with Crippen LogP contribution in [0.25, 0.3) is 0 Å². The van der Waals surface area contributed by atoms with Gasteiger partial charge < -0.3 is 14.5 Å². The lowest BCUT2D eigenvalue weighted by Crippen LogP contribution is -2.46. The van der Waals surface area contributed by atoms with Crippen LogP contribution in [0.2, 0.25) is 0 Å². The smallest absolute Gasteiger partial charge is 0.319 e. The van der Waals surface area contributed by atoms with E-state index < -0.39 is 0 Å². The first-order chi connectivity index (χ1) is 12.2. The van der Waals surface area contributed by atoms with Crippen molar-refractivity contribution in [3.05, 3.63) is 30.3 Å². The first kappa shape index (κ1) is 18.0. The minimum atomic E-state index is -0.268. The summed E-state index contributed by atoms with van der Waals surface area (Å²) in [5, 5.41) is 9.17. The molecule has 1 fully saturated rings.